The van der Waals surface area contributed by atoms with Crippen LogP contribution in [-0.2, 0) is 0 Å². The molecule has 0 atom stereocenters. The van der Waals surface area contributed by atoms with Crippen molar-refractivity contribution in [2.75, 3.05) is 19.6 Å². The molecular formula is C13H27N3O. The largest absolute Gasteiger partial charge is 0.409 e. The van der Waals surface area contributed by atoms with E-state index in [2.05, 4.69) is 30.8 Å². The molecule has 1 saturated heterocycles. The first-order valence-corrected chi connectivity index (χ1v) is 6.68. The summed E-state index contributed by atoms with van der Waals surface area (Å²) in [6.07, 6.45) is 4.56. The number of likely N-dealkylation sites (tertiary alicyclic amines) is 1. The summed E-state index contributed by atoms with van der Waals surface area (Å²) in [5.74, 6) is 1.18. The summed E-state index contributed by atoms with van der Waals surface area (Å²) < 4.78 is 0. The summed E-state index contributed by atoms with van der Waals surface area (Å²) in [5.41, 5.74) is 5.64. The Morgan fingerprint density at radius 2 is 2.00 bits per heavy atom. The van der Waals surface area contributed by atoms with Crippen LogP contribution >= 0.6 is 0 Å². The second kappa shape index (κ2) is 6.24. The monoisotopic (exact) mass is 241 g/mol. The molecule has 1 heterocycles. The highest BCUT2D eigenvalue weighted by atomic mass is 16.4. The molecule has 0 aromatic rings. The number of nitrogens with zero attached hydrogens (tertiary/aromatic N) is 2. The first-order chi connectivity index (χ1) is 7.98. The lowest BCUT2D eigenvalue weighted by molar-refractivity contribution is 0.155. The molecule has 1 aliphatic rings. The summed E-state index contributed by atoms with van der Waals surface area (Å²) >= 11 is 0. The highest BCUT2D eigenvalue weighted by Crippen LogP contribution is 2.31. The second-order valence-electron chi connectivity index (χ2n) is 5.92. The second-order valence-corrected chi connectivity index (χ2v) is 5.92. The van der Waals surface area contributed by atoms with E-state index in [1.54, 1.807) is 0 Å². The van der Waals surface area contributed by atoms with E-state index < -0.39 is 0 Å². The third kappa shape index (κ3) is 4.19. The van der Waals surface area contributed by atoms with Crippen LogP contribution in [0.5, 0.6) is 0 Å². The summed E-state index contributed by atoms with van der Waals surface area (Å²) in [4.78, 5) is 2.49. The highest BCUT2D eigenvalue weighted by molar-refractivity contribution is 5.85. The number of amidine groups is 1. The van der Waals surface area contributed by atoms with Crippen molar-refractivity contribution in [3.63, 3.8) is 0 Å². The molecule has 4 nitrogen and oxygen atoms in total. The number of piperidine rings is 1. The Balaban J connectivity index is 2.31. The molecule has 0 aliphatic carbocycles. The van der Waals surface area contributed by atoms with Crippen LogP contribution in [0.1, 0.15) is 46.5 Å². The van der Waals surface area contributed by atoms with Crippen LogP contribution in [0.3, 0.4) is 0 Å². The Labute approximate surface area is 105 Å². The number of hydrogen-bond acceptors (Lipinski definition) is 3. The maximum absolute atomic E-state index is 8.77. The molecule has 1 fully saturated rings. The summed E-state index contributed by atoms with van der Waals surface area (Å²) in [6, 6.07) is 0. The molecule has 1 rings (SSSR count). The Morgan fingerprint density at radius 3 is 2.47 bits per heavy atom. The van der Waals surface area contributed by atoms with E-state index in [0.717, 1.165) is 31.8 Å². The van der Waals surface area contributed by atoms with E-state index in [0.29, 0.717) is 5.84 Å². The molecule has 17 heavy (non-hydrogen) atoms. The van der Waals surface area contributed by atoms with Gasteiger partial charge >= 0.3 is 0 Å². The molecule has 0 spiro atoms. The predicted octanol–water partition coefficient (Wildman–Crippen LogP) is 2.27. The van der Waals surface area contributed by atoms with Gasteiger partial charge in [-0.3, -0.25) is 0 Å². The number of hydrogen-bond donors (Lipinski definition) is 2. The van der Waals surface area contributed by atoms with Crippen molar-refractivity contribution in [2.24, 2.45) is 22.2 Å². The molecule has 0 amide bonds. The van der Waals surface area contributed by atoms with E-state index in [1.807, 2.05) is 0 Å². The fraction of sp³-hybridized carbons (Fsp3) is 0.923. The maximum Gasteiger partial charge on any atom is 0.145 e. The maximum atomic E-state index is 8.77. The third-order valence-corrected chi connectivity index (χ3v) is 3.94. The van der Waals surface area contributed by atoms with Gasteiger partial charge < -0.3 is 15.8 Å². The van der Waals surface area contributed by atoms with Crippen LogP contribution in [0.15, 0.2) is 5.16 Å². The molecule has 0 radical (unpaired) electrons. The summed E-state index contributed by atoms with van der Waals surface area (Å²) in [6.45, 7) is 9.94. The number of nitrogens with two attached hydrogens (primary N) is 1. The van der Waals surface area contributed by atoms with Crippen molar-refractivity contribution in [1.29, 1.82) is 0 Å². The van der Waals surface area contributed by atoms with E-state index >= 15 is 0 Å². The van der Waals surface area contributed by atoms with Gasteiger partial charge in [-0.25, -0.2) is 0 Å². The fourth-order valence-corrected chi connectivity index (χ4v) is 2.37. The molecule has 1 aliphatic heterocycles. The van der Waals surface area contributed by atoms with Gasteiger partial charge in [-0.1, -0.05) is 25.9 Å². The van der Waals surface area contributed by atoms with E-state index in [4.69, 9.17) is 10.9 Å². The van der Waals surface area contributed by atoms with E-state index in [1.165, 1.54) is 19.4 Å². The van der Waals surface area contributed by atoms with Crippen LogP contribution in [-0.4, -0.2) is 35.6 Å². The van der Waals surface area contributed by atoms with Crippen LogP contribution < -0.4 is 5.73 Å². The smallest absolute Gasteiger partial charge is 0.145 e. The number of oxime groups is 1. The average Bonchev–Trinajstić information content (AvgIpc) is 2.30. The first kappa shape index (κ1) is 14.3. The van der Waals surface area contributed by atoms with E-state index in [-0.39, 0.29) is 5.41 Å². The lowest BCUT2D eigenvalue weighted by Gasteiger charge is -2.38. The quantitative estimate of drug-likeness (QED) is 0.336. The Kier molecular flexibility index (Phi) is 5.25. The molecule has 0 saturated carbocycles. The average molecular weight is 241 g/mol. The lowest BCUT2D eigenvalue weighted by atomic mass is 9.79. The van der Waals surface area contributed by atoms with Crippen LogP contribution in [0.4, 0.5) is 0 Å². The predicted molar refractivity (Wildman–Crippen MR) is 71.3 cm³/mol. The minimum Gasteiger partial charge on any atom is -0.409 e. The minimum absolute atomic E-state index is 0.108. The molecule has 0 bridgehead atoms. The molecular weight excluding hydrogens is 214 g/mol. The fourth-order valence-electron chi connectivity index (χ4n) is 2.37. The molecule has 4 heteroatoms. The zero-order valence-corrected chi connectivity index (χ0v) is 11.4. The Hall–Kier alpha value is -0.770. The molecule has 3 N–H and O–H groups in total. The van der Waals surface area contributed by atoms with Gasteiger partial charge in [0.25, 0.3) is 0 Å². The number of rotatable bonds is 5. The van der Waals surface area contributed by atoms with Crippen molar-refractivity contribution in [3.8, 4) is 0 Å². The third-order valence-electron chi connectivity index (χ3n) is 3.94. The zero-order valence-electron chi connectivity index (χ0n) is 11.4. The van der Waals surface area contributed by atoms with Crippen molar-refractivity contribution in [1.82, 2.24) is 4.90 Å². The van der Waals surface area contributed by atoms with Crippen LogP contribution in [0.2, 0.25) is 0 Å². The summed E-state index contributed by atoms with van der Waals surface area (Å²) in [7, 11) is 0. The van der Waals surface area contributed by atoms with Gasteiger partial charge in [0.05, 0.1) is 0 Å². The summed E-state index contributed by atoms with van der Waals surface area (Å²) in [5, 5.41) is 11.9. The Bertz CT molecular complexity index is 255. The van der Waals surface area contributed by atoms with Gasteiger partial charge in [0.1, 0.15) is 5.84 Å². The molecule has 100 valence electrons. The van der Waals surface area contributed by atoms with Crippen molar-refractivity contribution >= 4 is 5.84 Å². The van der Waals surface area contributed by atoms with Gasteiger partial charge in [0.15, 0.2) is 0 Å². The normalized spacial score (nSPS) is 22.0. The Morgan fingerprint density at radius 1 is 1.41 bits per heavy atom. The highest BCUT2D eigenvalue weighted by Gasteiger charge is 2.33. The van der Waals surface area contributed by atoms with Gasteiger partial charge in [-0.15, -0.1) is 0 Å². The van der Waals surface area contributed by atoms with Gasteiger partial charge in [-0.2, -0.15) is 0 Å². The van der Waals surface area contributed by atoms with E-state index in [9.17, 15) is 0 Å². The lowest BCUT2D eigenvalue weighted by Crippen LogP contribution is -2.45. The van der Waals surface area contributed by atoms with Crippen LogP contribution in [0.25, 0.3) is 0 Å². The first-order valence-electron chi connectivity index (χ1n) is 6.68. The van der Waals surface area contributed by atoms with Gasteiger partial charge in [0, 0.05) is 5.41 Å². The SMILES string of the molecule is CC(C)CCCN1CCC(C)(C(N)=NO)CC1. The zero-order chi connectivity index (χ0) is 12.9. The van der Waals surface area contributed by atoms with Crippen molar-refractivity contribution in [2.45, 2.75) is 46.5 Å². The topological polar surface area (TPSA) is 61.8 Å². The van der Waals surface area contributed by atoms with Crippen molar-refractivity contribution < 1.29 is 5.21 Å². The minimum atomic E-state index is -0.108. The standard InChI is InChI=1S/C13H27N3O/c1-11(2)5-4-8-16-9-6-13(3,7-10-16)12(14)15-17/h11,17H,4-10H2,1-3H3,(H2,14,15). The van der Waals surface area contributed by atoms with Crippen molar-refractivity contribution in [3.05, 3.63) is 0 Å². The van der Waals surface area contributed by atoms with Crippen LogP contribution in [0, 0.1) is 11.3 Å². The van der Waals surface area contributed by atoms with Gasteiger partial charge in [0.2, 0.25) is 0 Å². The van der Waals surface area contributed by atoms with Gasteiger partial charge in [-0.05, 0) is 51.2 Å². The molecule has 0 aromatic heterocycles. The molecule has 0 unspecified atom stereocenters. The molecule has 0 aromatic carbocycles.